The summed E-state index contributed by atoms with van der Waals surface area (Å²) in [6.45, 7) is 1.66. The van der Waals surface area contributed by atoms with Gasteiger partial charge in [-0.3, -0.25) is 14.9 Å². The zero-order chi connectivity index (χ0) is 18.0. The van der Waals surface area contributed by atoms with E-state index in [2.05, 4.69) is 5.32 Å². The number of nitrogens with one attached hydrogen (secondary N) is 1. The summed E-state index contributed by atoms with van der Waals surface area (Å²) < 4.78 is 5.61. The van der Waals surface area contributed by atoms with Gasteiger partial charge in [0.05, 0.1) is 21.2 Å². The van der Waals surface area contributed by atoms with E-state index in [-0.39, 0.29) is 11.6 Å². The molecule has 3 rings (SSSR count). The van der Waals surface area contributed by atoms with Crippen LogP contribution in [0.15, 0.2) is 59.0 Å². The Balaban J connectivity index is 1.90. The lowest BCUT2D eigenvalue weighted by Gasteiger charge is -2.05. The Morgan fingerprint density at radius 1 is 1.16 bits per heavy atom. The minimum atomic E-state index is -0.482. The summed E-state index contributed by atoms with van der Waals surface area (Å²) in [6, 6.07) is 14.5. The highest BCUT2D eigenvalue weighted by Crippen LogP contribution is 2.29. The molecule has 126 valence electrons. The van der Waals surface area contributed by atoms with Gasteiger partial charge >= 0.3 is 0 Å². The van der Waals surface area contributed by atoms with E-state index in [1.54, 1.807) is 49.4 Å². The number of benzene rings is 2. The molecule has 0 bridgehead atoms. The van der Waals surface area contributed by atoms with Crippen molar-refractivity contribution in [1.82, 2.24) is 0 Å². The van der Waals surface area contributed by atoms with Crippen LogP contribution in [0.3, 0.4) is 0 Å². The van der Waals surface area contributed by atoms with Crippen molar-refractivity contribution in [3.63, 3.8) is 0 Å². The number of nitro benzene ring substituents is 1. The number of nitro groups is 1. The van der Waals surface area contributed by atoms with E-state index in [9.17, 15) is 14.9 Å². The maximum absolute atomic E-state index is 12.5. The van der Waals surface area contributed by atoms with Crippen molar-refractivity contribution in [2.45, 2.75) is 6.92 Å². The van der Waals surface area contributed by atoms with Gasteiger partial charge < -0.3 is 9.73 Å². The molecule has 0 unspecified atom stereocenters. The molecule has 2 aromatic carbocycles. The van der Waals surface area contributed by atoms with Crippen LogP contribution < -0.4 is 5.32 Å². The molecular weight excluding hydrogens is 344 g/mol. The van der Waals surface area contributed by atoms with Crippen LogP contribution >= 0.6 is 11.6 Å². The topological polar surface area (TPSA) is 85.4 Å². The minimum Gasteiger partial charge on any atom is -0.461 e. The number of amides is 1. The summed E-state index contributed by atoms with van der Waals surface area (Å²) in [5, 5.41) is 14.0. The van der Waals surface area contributed by atoms with Gasteiger partial charge in [0.1, 0.15) is 11.5 Å². The summed E-state index contributed by atoms with van der Waals surface area (Å²) >= 11 is 6.04. The fourth-order valence-corrected chi connectivity index (χ4v) is 2.56. The summed E-state index contributed by atoms with van der Waals surface area (Å²) in [6.07, 6.45) is 0. The van der Waals surface area contributed by atoms with E-state index in [0.29, 0.717) is 33.4 Å². The monoisotopic (exact) mass is 356 g/mol. The fraction of sp³-hybridized carbons (Fsp3) is 0.0556. The van der Waals surface area contributed by atoms with Crippen LogP contribution in [0.25, 0.3) is 11.3 Å². The molecule has 0 spiro atoms. The van der Waals surface area contributed by atoms with Crippen molar-refractivity contribution in [2.75, 3.05) is 5.32 Å². The average molecular weight is 357 g/mol. The smallest absolute Gasteiger partial charge is 0.270 e. The predicted molar refractivity (Wildman–Crippen MR) is 94.9 cm³/mol. The zero-order valence-electron chi connectivity index (χ0n) is 13.2. The molecule has 0 aliphatic rings. The molecule has 0 aliphatic carbocycles. The van der Waals surface area contributed by atoms with Gasteiger partial charge in [0.25, 0.3) is 11.6 Å². The molecule has 1 aromatic heterocycles. The van der Waals surface area contributed by atoms with Crippen LogP contribution in [0.2, 0.25) is 5.02 Å². The van der Waals surface area contributed by atoms with Gasteiger partial charge in [-0.25, -0.2) is 0 Å². The van der Waals surface area contributed by atoms with Crippen molar-refractivity contribution in [1.29, 1.82) is 0 Å². The van der Waals surface area contributed by atoms with E-state index < -0.39 is 4.92 Å². The summed E-state index contributed by atoms with van der Waals surface area (Å²) in [7, 11) is 0. The van der Waals surface area contributed by atoms with Gasteiger partial charge in [0, 0.05) is 17.7 Å². The maximum atomic E-state index is 12.5. The zero-order valence-corrected chi connectivity index (χ0v) is 13.9. The van der Waals surface area contributed by atoms with E-state index in [1.807, 2.05) is 0 Å². The first kappa shape index (κ1) is 16.7. The molecule has 0 atom stereocenters. The number of furan rings is 1. The Bertz CT molecular complexity index is 965. The van der Waals surface area contributed by atoms with Crippen molar-refractivity contribution in [3.05, 3.63) is 81.1 Å². The van der Waals surface area contributed by atoms with Crippen molar-refractivity contribution in [3.8, 4) is 11.3 Å². The van der Waals surface area contributed by atoms with Gasteiger partial charge in [0.15, 0.2) is 0 Å². The van der Waals surface area contributed by atoms with Crippen LogP contribution in [-0.2, 0) is 0 Å². The molecule has 1 N–H and O–H groups in total. The number of para-hydroxylation sites is 1. The van der Waals surface area contributed by atoms with Crippen LogP contribution in [0.4, 0.5) is 11.4 Å². The molecule has 0 saturated carbocycles. The van der Waals surface area contributed by atoms with E-state index >= 15 is 0 Å². The van der Waals surface area contributed by atoms with Gasteiger partial charge in [-0.1, -0.05) is 35.9 Å². The predicted octanol–water partition coefficient (Wildman–Crippen LogP) is 5.07. The number of carbonyl (C=O) groups excluding carboxylic acids is 1. The number of aryl methyl sites for hydroxylation is 1. The largest absolute Gasteiger partial charge is 0.461 e. The van der Waals surface area contributed by atoms with Crippen LogP contribution in [0, 0.1) is 17.0 Å². The summed E-state index contributed by atoms with van der Waals surface area (Å²) in [5.74, 6) is 0.419. The highest BCUT2D eigenvalue weighted by molar-refractivity contribution is 6.33. The van der Waals surface area contributed by atoms with Crippen molar-refractivity contribution in [2.24, 2.45) is 0 Å². The number of hydrogen-bond donors (Lipinski definition) is 1. The molecule has 7 heteroatoms. The number of anilines is 1. The summed E-state index contributed by atoms with van der Waals surface area (Å²) in [5.41, 5.74) is 1.30. The molecule has 0 saturated heterocycles. The second kappa shape index (κ2) is 6.78. The third-order valence-corrected chi connectivity index (χ3v) is 3.96. The number of non-ortho nitro benzene ring substituents is 1. The molecule has 0 aliphatic heterocycles. The molecule has 3 aromatic rings. The Kier molecular flexibility index (Phi) is 4.54. The Hall–Kier alpha value is -3.12. The second-order valence-corrected chi connectivity index (χ2v) is 5.73. The van der Waals surface area contributed by atoms with Crippen molar-refractivity contribution < 1.29 is 14.1 Å². The quantitative estimate of drug-likeness (QED) is 0.522. The van der Waals surface area contributed by atoms with Gasteiger partial charge in [0.2, 0.25) is 0 Å². The SMILES string of the molecule is Cc1oc(-c2cccc([N+](=O)[O-])c2)cc1C(=O)Nc1ccccc1Cl. The molecule has 25 heavy (non-hydrogen) atoms. The molecular formula is C18H13ClN2O4. The first-order valence-corrected chi connectivity index (χ1v) is 7.74. The number of rotatable bonds is 4. The van der Waals surface area contributed by atoms with E-state index in [4.69, 9.17) is 16.0 Å². The average Bonchev–Trinajstić information content (AvgIpc) is 2.99. The van der Waals surface area contributed by atoms with Crippen LogP contribution in [0.1, 0.15) is 16.1 Å². The van der Waals surface area contributed by atoms with Gasteiger partial charge in [-0.15, -0.1) is 0 Å². The Morgan fingerprint density at radius 3 is 2.64 bits per heavy atom. The highest BCUT2D eigenvalue weighted by atomic mass is 35.5. The normalized spacial score (nSPS) is 10.5. The lowest BCUT2D eigenvalue weighted by Crippen LogP contribution is -2.12. The Morgan fingerprint density at radius 2 is 1.92 bits per heavy atom. The van der Waals surface area contributed by atoms with Crippen LogP contribution in [0.5, 0.6) is 0 Å². The number of nitrogens with zero attached hydrogens (tertiary/aromatic N) is 1. The van der Waals surface area contributed by atoms with Crippen LogP contribution in [-0.4, -0.2) is 10.8 Å². The number of halogens is 1. The minimum absolute atomic E-state index is 0.0476. The third kappa shape index (κ3) is 3.54. The summed E-state index contributed by atoms with van der Waals surface area (Å²) in [4.78, 5) is 22.9. The van der Waals surface area contributed by atoms with E-state index in [0.717, 1.165) is 0 Å². The molecule has 0 fully saturated rings. The second-order valence-electron chi connectivity index (χ2n) is 5.32. The van der Waals surface area contributed by atoms with E-state index in [1.165, 1.54) is 12.1 Å². The van der Waals surface area contributed by atoms with Gasteiger partial charge in [-0.05, 0) is 25.1 Å². The highest BCUT2D eigenvalue weighted by Gasteiger charge is 2.18. The molecule has 6 nitrogen and oxygen atoms in total. The molecule has 0 radical (unpaired) electrons. The first-order chi connectivity index (χ1) is 12.0. The fourth-order valence-electron chi connectivity index (χ4n) is 2.37. The molecule has 1 amide bonds. The Labute approximate surface area is 148 Å². The van der Waals surface area contributed by atoms with Gasteiger partial charge in [-0.2, -0.15) is 0 Å². The van der Waals surface area contributed by atoms with Crippen molar-refractivity contribution >= 4 is 28.9 Å². The lowest BCUT2D eigenvalue weighted by molar-refractivity contribution is -0.384. The first-order valence-electron chi connectivity index (χ1n) is 7.37. The third-order valence-electron chi connectivity index (χ3n) is 3.63. The number of carbonyl (C=O) groups is 1. The standard InChI is InChI=1S/C18H13ClN2O4/c1-11-14(18(22)20-16-8-3-2-7-15(16)19)10-17(25-11)12-5-4-6-13(9-12)21(23)24/h2-10H,1H3,(H,20,22). The number of hydrogen-bond acceptors (Lipinski definition) is 4. The lowest BCUT2D eigenvalue weighted by atomic mass is 10.1. The maximum Gasteiger partial charge on any atom is 0.270 e. The molecule has 1 heterocycles.